The smallest absolute Gasteiger partial charge is 0.426 e. The van der Waals surface area contributed by atoms with Crippen LogP contribution >= 0.6 is 0 Å². The molecule has 0 radical (unpaired) electrons. The van der Waals surface area contributed by atoms with Gasteiger partial charge in [0, 0.05) is 11.6 Å². The van der Waals surface area contributed by atoms with E-state index < -0.39 is 11.7 Å². The Bertz CT molecular complexity index is 629. The highest BCUT2D eigenvalue weighted by atomic mass is 19.1. The van der Waals surface area contributed by atoms with Gasteiger partial charge in [0.1, 0.15) is 11.4 Å². The molecule has 1 aromatic rings. The number of allylic oxidation sites excluding steroid dienone is 2. The van der Waals surface area contributed by atoms with Crippen LogP contribution in [0.2, 0.25) is 0 Å². The summed E-state index contributed by atoms with van der Waals surface area (Å²) in [7, 11) is 0. The number of hydrazine groups is 1. The highest BCUT2D eigenvalue weighted by molar-refractivity contribution is 5.67. The van der Waals surface area contributed by atoms with Crippen molar-refractivity contribution in [2.75, 3.05) is 0 Å². The minimum absolute atomic E-state index is 0.101. The van der Waals surface area contributed by atoms with Gasteiger partial charge in [0.2, 0.25) is 0 Å². The standard InChI is InChI=1S/C20H29FN2O2/c1-5-9-16(15-12-6-7-13-17(15)21)18(14-10-8-11-14)22-23-19(24)25-20(2,3)4/h6-7,12-13,16,22H,5,8-11H2,1-4H3,(H,23,24). The minimum Gasteiger partial charge on any atom is -0.443 e. The van der Waals surface area contributed by atoms with Gasteiger partial charge in [-0.3, -0.25) is 5.43 Å². The molecule has 0 aliphatic heterocycles. The van der Waals surface area contributed by atoms with Crippen LogP contribution in [0.5, 0.6) is 0 Å². The molecule has 1 aliphatic rings. The summed E-state index contributed by atoms with van der Waals surface area (Å²) in [6, 6.07) is 6.86. The lowest BCUT2D eigenvalue weighted by Crippen LogP contribution is -2.42. The van der Waals surface area contributed by atoms with E-state index in [4.69, 9.17) is 4.74 Å². The number of hydrogen-bond donors (Lipinski definition) is 2. The summed E-state index contributed by atoms with van der Waals surface area (Å²) < 4.78 is 19.6. The maximum Gasteiger partial charge on any atom is 0.426 e. The highest BCUT2D eigenvalue weighted by Crippen LogP contribution is 2.37. The molecule has 0 aromatic heterocycles. The molecule has 1 fully saturated rings. The van der Waals surface area contributed by atoms with E-state index in [1.54, 1.807) is 6.07 Å². The third-order valence-electron chi connectivity index (χ3n) is 4.24. The number of halogens is 1. The average Bonchev–Trinajstić information content (AvgIpc) is 2.46. The number of carbonyl (C=O) groups excluding carboxylic acids is 1. The van der Waals surface area contributed by atoms with Crippen LogP contribution in [0, 0.1) is 5.82 Å². The number of nitrogens with one attached hydrogen (secondary N) is 2. The van der Waals surface area contributed by atoms with E-state index in [-0.39, 0.29) is 11.7 Å². The van der Waals surface area contributed by atoms with Crippen molar-refractivity contribution in [1.82, 2.24) is 10.9 Å². The maximum atomic E-state index is 14.4. The van der Waals surface area contributed by atoms with Crippen LogP contribution in [0.4, 0.5) is 9.18 Å². The Morgan fingerprint density at radius 2 is 1.92 bits per heavy atom. The molecule has 2 N–H and O–H groups in total. The van der Waals surface area contributed by atoms with Crippen LogP contribution in [-0.4, -0.2) is 11.7 Å². The summed E-state index contributed by atoms with van der Waals surface area (Å²) in [5.41, 5.74) is 7.92. The van der Waals surface area contributed by atoms with Crippen molar-refractivity contribution in [2.45, 2.75) is 71.3 Å². The van der Waals surface area contributed by atoms with E-state index in [0.717, 1.165) is 37.8 Å². The molecule has 138 valence electrons. The molecule has 1 saturated carbocycles. The van der Waals surface area contributed by atoms with Crippen molar-refractivity contribution >= 4 is 6.09 Å². The first-order valence-electron chi connectivity index (χ1n) is 9.03. The van der Waals surface area contributed by atoms with Crippen molar-refractivity contribution in [2.24, 2.45) is 0 Å². The van der Waals surface area contributed by atoms with Gasteiger partial charge in [-0.15, -0.1) is 0 Å². The average molecular weight is 348 g/mol. The normalized spacial score (nSPS) is 15.2. The molecule has 2 rings (SSSR count). The van der Waals surface area contributed by atoms with Gasteiger partial charge in [0.15, 0.2) is 0 Å². The summed E-state index contributed by atoms with van der Waals surface area (Å²) in [6.45, 7) is 7.53. The second kappa shape index (κ2) is 8.37. The Morgan fingerprint density at radius 1 is 1.24 bits per heavy atom. The molecule has 1 aromatic carbocycles. The maximum absolute atomic E-state index is 14.4. The summed E-state index contributed by atoms with van der Waals surface area (Å²) in [5, 5.41) is 0. The quantitative estimate of drug-likeness (QED) is 0.697. The molecule has 4 nitrogen and oxygen atoms in total. The molecule has 1 aliphatic carbocycles. The fourth-order valence-corrected chi connectivity index (χ4v) is 2.97. The van der Waals surface area contributed by atoms with Gasteiger partial charge >= 0.3 is 6.09 Å². The van der Waals surface area contributed by atoms with Gasteiger partial charge in [-0.25, -0.2) is 14.6 Å². The van der Waals surface area contributed by atoms with Gasteiger partial charge in [-0.2, -0.15) is 0 Å². The SMILES string of the molecule is CCCC(C(NNC(=O)OC(C)(C)C)=C1CCC1)c1ccccc1F. The molecule has 5 heteroatoms. The van der Waals surface area contributed by atoms with E-state index in [0.29, 0.717) is 5.56 Å². The zero-order valence-electron chi connectivity index (χ0n) is 15.6. The summed E-state index contributed by atoms with van der Waals surface area (Å²) in [4.78, 5) is 12.0. The predicted molar refractivity (Wildman–Crippen MR) is 97.4 cm³/mol. The van der Waals surface area contributed by atoms with Gasteiger partial charge < -0.3 is 4.74 Å². The van der Waals surface area contributed by atoms with Crippen molar-refractivity contribution in [3.63, 3.8) is 0 Å². The Hall–Kier alpha value is -2.04. The number of carbonyl (C=O) groups is 1. The van der Waals surface area contributed by atoms with E-state index in [1.807, 2.05) is 32.9 Å². The Kier molecular flexibility index (Phi) is 6.45. The van der Waals surface area contributed by atoms with Crippen molar-refractivity contribution in [3.05, 3.63) is 46.9 Å². The van der Waals surface area contributed by atoms with Gasteiger partial charge in [-0.05, 0) is 63.7 Å². The number of amides is 1. The van der Waals surface area contributed by atoms with E-state index in [9.17, 15) is 9.18 Å². The largest absolute Gasteiger partial charge is 0.443 e. The van der Waals surface area contributed by atoms with Crippen molar-refractivity contribution in [1.29, 1.82) is 0 Å². The Labute approximate surface area is 149 Å². The van der Waals surface area contributed by atoms with E-state index in [2.05, 4.69) is 17.8 Å². The van der Waals surface area contributed by atoms with Crippen LogP contribution in [0.1, 0.15) is 71.3 Å². The second-order valence-corrected chi connectivity index (χ2v) is 7.49. The zero-order chi connectivity index (χ0) is 18.4. The monoisotopic (exact) mass is 348 g/mol. The third-order valence-corrected chi connectivity index (χ3v) is 4.24. The molecular formula is C20H29FN2O2. The number of ether oxygens (including phenoxy) is 1. The van der Waals surface area contributed by atoms with Crippen molar-refractivity contribution < 1.29 is 13.9 Å². The first-order valence-corrected chi connectivity index (χ1v) is 9.03. The number of rotatable bonds is 6. The van der Waals surface area contributed by atoms with E-state index in [1.165, 1.54) is 11.6 Å². The molecule has 25 heavy (non-hydrogen) atoms. The molecular weight excluding hydrogens is 319 g/mol. The molecule has 1 amide bonds. The minimum atomic E-state index is -0.566. The fourth-order valence-electron chi connectivity index (χ4n) is 2.97. The first kappa shape index (κ1) is 19.3. The van der Waals surface area contributed by atoms with Crippen LogP contribution in [0.15, 0.2) is 35.5 Å². The molecule has 0 spiro atoms. The summed E-state index contributed by atoms with van der Waals surface area (Å²) in [5.74, 6) is -0.311. The van der Waals surface area contributed by atoms with Crippen LogP contribution < -0.4 is 10.9 Å². The van der Waals surface area contributed by atoms with Gasteiger partial charge in [-0.1, -0.05) is 31.5 Å². The molecule has 1 atom stereocenters. The summed E-state index contributed by atoms with van der Waals surface area (Å²) in [6.07, 6.45) is 4.28. The van der Waals surface area contributed by atoms with Crippen molar-refractivity contribution in [3.8, 4) is 0 Å². The summed E-state index contributed by atoms with van der Waals surface area (Å²) >= 11 is 0. The molecule has 0 saturated heterocycles. The van der Waals surface area contributed by atoms with Crippen LogP contribution in [0.3, 0.4) is 0 Å². The predicted octanol–water partition coefficient (Wildman–Crippen LogP) is 5.18. The molecule has 0 heterocycles. The fraction of sp³-hybridized carbons (Fsp3) is 0.550. The topological polar surface area (TPSA) is 50.4 Å². The second-order valence-electron chi connectivity index (χ2n) is 7.49. The van der Waals surface area contributed by atoms with Crippen LogP contribution in [-0.2, 0) is 4.74 Å². The zero-order valence-corrected chi connectivity index (χ0v) is 15.6. The molecule has 1 unspecified atom stereocenters. The number of benzene rings is 1. The lowest BCUT2D eigenvalue weighted by molar-refractivity contribution is 0.0504. The number of hydrogen-bond acceptors (Lipinski definition) is 3. The first-order chi connectivity index (χ1) is 11.8. The third kappa shape index (κ3) is 5.48. The van der Waals surface area contributed by atoms with Gasteiger partial charge in [0.05, 0.1) is 0 Å². The van der Waals surface area contributed by atoms with E-state index >= 15 is 0 Å². The Morgan fingerprint density at radius 3 is 2.44 bits per heavy atom. The molecule has 0 bridgehead atoms. The lowest BCUT2D eigenvalue weighted by atomic mass is 9.82. The Balaban J connectivity index is 2.21. The lowest BCUT2D eigenvalue weighted by Gasteiger charge is -2.30. The highest BCUT2D eigenvalue weighted by Gasteiger charge is 2.26. The van der Waals surface area contributed by atoms with Crippen LogP contribution in [0.25, 0.3) is 0 Å². The van der Waals surface area contributed by atoms with Gasteiger partial charge in [0.25, 0.3) is 0 Å².